The molecule has 0 fully saturated rings. The van der Waals surface area contributed by atoms with Gasteiger partial charge in [0.1, 0.15) is 5.52 Å². The van der Waals surface area contributed by atoms with Gasteiger partial charge in [0.2, 0.25) is 5.28 Å². The molecule has 0 saturated carbocycles. The average molecular weight is 155 g/mol. The molecule has 0 aliphatic carbocycles. The van der Waals surface area contributed by atoms with Crippen LogP contribution in [0.4, 0.5) is 0 Å². The van der Waals surface area contributed by atoms with Crippen LogP contribution >= 0.6 is 11.6 Å². The number of hydrogen-bond donors (Lipinski definition) is 1. The van der Waals surface area contributed by atoms with E-state index < -0.39 is 0 Å². The van der Waals surface area contributed by atoms with Crippen molar-refractivity contribution in [2.45, 2.75) is 0 Å². The van der Waals surface area contributed by atoms with E-state index in [1.165, 1.54) is 0 Å². The lowest BCUT2D eigenvalue weighted by Crippen LogP contribution is -1.86. The summed E-state index contributed by atoms with van der Waals surface area (Å²) in [6.07, 6.45) is 1.74. The molecule has 0 aliphatic rings. The predicted octanol–water partition coefficient (Wildman–Crippen LogP) is 1.01. The summed E-state index contributed by atoms with van der Waals surface area (Å²) in [5.41, 5.74) is 1.39. The number of aromatic amines is 1. The van der Waals surface area contributed by atoms with Gasteiger partial charge in [-0.3, -0.25) is 0 Å². The highest BCUT2D eigenvalue weighted by Gasteiger charge is 1.97. The van der Waals surface area contributed by atoms with E-state index in [0.29, 0.717) is 5.65 Å². The van der Waals surface area contributed by atoms with E-state index in [0.717, 1.165) is 5.52 Å². The average Bonchev–Trinajstić information content (AvgIpc) is 2.33. The van der Waals surface area contributed by atoms with E-state index in [1.807, 2.05) is 0 Å². The molecule has 0 aromatic carbocycles. The zero-order valence-corrected chi connectivity index (χ0v) is 5.63. The van der Waals surface area contributed by atoms with Crippen molar-refractivity contribution in [1.82, 2.24) is 20.2 Å². The molecule has 5 heteroatoms. The molecule has 10 heavy (non-hydrogen) atoms. The van der Waals surface area contributed by atoms with Gasteiger partial charge in [0, 0.05) is 6.20 Å². The third-order valence-electron chi connectivity index (χ3n) is 1.15. The van der Waals surface area contributed by atoms with Crippen molar-refractivity contribution in [1.29, 1.82) is 0 Å². The molecule has 2 aromatic heterocycles. The third-order valence-corrected chi connectivity index (χ3v) is 1.31. The molecule has 0 saturated heterocycles. The molecule has 2 rings (SSSR count). The summed E-state index contributed by atoms with van der Waals surface area (Å²) in [4.78, 5) is 6.73. The van der Waals surface area contributed by atoms with Gasteiger partial charge < -0.3 is 4.98 Å². The Morgan fingerprint density at radius 2 is 2.30 bits per heavy atom. The molecule has 4 nitrogen and oxygen atoms in total. The van der Waals surface area contributed by atoms with Gasteiger partial charge in [0.05, 0.1) is 0 Å². The third kappa shape index (κ3) is 0.733. The minimum atomic E-state index is 0.162. The van der Waals surface area contributed by atoms with Gasteiger partial charge in [0.25, 0.3) is 0 Å². The van der Waals surface area contributed by atoms with Crippen LogP contribution in [-0.2, 0) is 0 Å². The maximum Gasteiger partial charge on any atom is 0.244 e. The second-order valence-electron chi connectivity index (χ2n) is 1.79. The number of halogens is 1. The lowest BCUT2D eigenvalue weighted by molar-refractivity contribution is 1.02. The van der Waals surface area contributed by atoms with E-state index in [4.69, 9.17) is 11.6 Å². The Morgan fingerprint density at radius 3 is 3.20 bits per heavy atom. The molecule has 0 unspecified atom stereocenters. The summed E-state index contributed by atoms with van der Waals surface area (Å²) in [6.45, 7) is 0. The van der Waals surface area contributed by atoms with Gasteiger partial charge in [-0.1, -0.05) is 0 Å². The van der Waals surface area contributed by atoms with E-state index in [2.05, 4.69) is 20.2 Å². The monoisotopic (exact) mass is 154 g/mol. The second-order valence-corrected chi connectivity index (χ2v) is 2.13. The van der Waals surface area contributed by atoms with Crippen LogP contribution in [0.1, 0.15) is 0 Å². The first-order valence-electron chi connectivity index (χ1n) is 2.69. The van der Waals surface area contributed by atoms with E-state index in [-0.39, 0.29) is 5.28 Å². The summed E-state index contributed by atoms with van der Waals surface area (Å²) in [5.74, 6) is 0. The van der Waals surface area contributed by atoms with Crippen molar-refractivity contribution < 1.29 is 0 Å². The molecule has 0 atom stereocenters. The molecular weight excluding hydrogens is 152 g/mol. The second kappa shape index (κ2) is 1.91. The molecule has 0 bridgehead atoms. The topological polar surface area (TPSA) is 54.5 Å². The summed E-state index contributed by atoms with van der Waals surface area (Å²) >= 11 is 5.47. The Labute approximate surface area is 61.3 Å². The summed E-state index contributed by atoms with van der Waals surface area (Å²) in [7, 11) is 0. The standard InChI is InChI=1S/C5H3ClN4/c6-5-8-4-3(9-10-5)1-2-7-4/h1-2H,(H,7,8,10). The Morgan fingerprint density at radius 1 is 1.40 bits per heavy atom. The van der Waals surface area contributed by atoms with Gasteiger partial charge in [-0.15, -0.1) is 10.2 Å². The van der Waals surface area contributed by atoms with E-state index in [9.17, 15) is 0 Å². The number of nitrogens with zero attached hydrogens (tertiary/aromatic N) is 3. The van der Waals surface area contributed by atoms with E-state index in [1.54, 1.807) is 12.3 Å². The Hall–Kier alpha value is -1.16. The van der Waals surface area contributed by atoms with Crippen LogP contribution < -0.4 is 0 Å². The molecule has 2 aromatic rings. The zero-order chi connectivity index (χ0) is 6.97. The minimum absolute atomic E-state index is 0.162. The van der Waals surface area contributed by atoms with Gasteiger partial charge in [-0.25, -0.2) is 0 Å². The number of H-pyrrole nitrogens is 1. The quantitative estimate of drug-likeness (QED) is 0.616. The van der Waals surface area contributed by atoms with E-state index >= 15 is 0 Å². The maximum atomic E-state index is 5.47. The van der Waals surface area contributed by atoms with Crippen LogP contribution in [0, 0.1) is 0 Å². The number of aromatic nitrogens is 4. The fraction of sp³-hybridized carbons (Fsp3) is 0. The molecule has 0 aliphatic heterocycles. The van der Waals surface area contributed by atoms with Crippen LogP contribution in [0.5, 0.6) is 0 Å². The molecule has 50 valence electrons. The van der Waals surface area contributed by atoms with Crippen LogP contribution in [0.3, 0.4) is 0 Å². The summed E-state index contributed by atoms with van der Waals surface area (Å²) in [5, 5.41) is 7.49. The number of nitrogens with one attached hydrogen (secondary N) is 1. The smallest absolute Gasteiger partial charge is 0.244 e. The summed E-state index contributed by atoms with van der Waals surface area (Å²) in [6, 6.07) is 1.78. The molecule has 0 amide bonds. The SMILES string of the molecule is Clc1nnc2cc[nH]c2n1. The van der Waals surface area contributed by atoms with Gasteiger partial charge >= 0.3 is 0 Å². The van der Waals surface area contributed by atoms with Crippen molar-refractivity contribution in [2.75, 3.05) is 0 Å². The van der Waals surface area contributed by atoms with Crippen LogP contribution in [0.25, 0.3) is 11.2 Å². The Bertz CT molecular complexity index is 355. The maximum absolute atomic E-state index is 5.47. The summed E-state index contributed by atoms with van der Waals surface area (Å²) < 4.78 is 0. The van der Waals surface area contributed by atoms with Gasteiger partial charge in [0.15, 0.2) is 5.65 Å². The van der Waals surface area contributed by atoms with Crippen LogP contribution in [0.2, 0.25) is 5.28 Å². The Kier molecular flexibility index (Phi) is 1.07. The van der Waals surface area contributed by atoms with Crippen molar-refractivity contribution in [2.24, 2.45) is 0 Å². The zero-order valence-electron chi connectivity index (χ0n) is 4.87. The van der Waals surface area contributed by atoms with Crippen molar-refractivity contribution in [3.05, 3.63) is 17.5 Å². The minimum Gasteiger partial charge on any atom is -0.345 e. The van der Waals surface area contributed by atoms with Gasteiger partial charge in [-0.2, -0.15) is 4.98 Å². The number of rotatable bonds is 0. The normalized spacial score (nSPS) is 10.5. The highest BCUT2D eigenvalue weighted by molar-refractivity contribution is 6.28. The predicted molar refractivity (Wildman–Crippen MR) is 36.7 cm³/mol. The largest absolute Gasteiger partial charge is 0.345 e. The number of fused-ring (bicyclic) bond motifs is 1. The van der Waals surface area contributed by atoms with Crippen molar-refractivity contribution >= 4 is 22.8 Å². The first kappa shape index (κ1) is 5.61. The highest BCUT2D eigenvalue weighted by Crippen LogP contribution is 2.06. The molecule has 2 heterocycles. The first-order valence-corrected chi connectivity index (χ1v) is 3.07. The highest BCUT2D eigenvalue weighted by atomic mass is 35.5. The van der Waals surface area contributed by atoms with Crippen molar-refractivity contribution in [3.8, 4) is 0 Å². The molecule has 0 spiro atoms. The fourth-order valence-corrected chi connectivity index (χ4v) is 0.855. The Balaban J connectivity index is 2.86. The van der Waals surface area contributed by atoms with Crippen LogP contribution in [0.15, 0.2) is 12.3 Å². The molecule has 0 radical (unpaired) electrons. The first-order chi connectivity index (χ1) is 4.86. The lowest BCUT2D eigenvalue weighted by atomic mass is 10.6. The number of hydrogen-bond acceptors (Lipinski definition) is 3. The molecular formula is C5H3ClN4. The lowest BCUT2D eigenvalue weighted by Gasteiger charge is -1.85. The van der Waals surface area contributed by atoms with Gasteiger partial charge in [-0.05, 0) is 17.7 Å². The molecule has 1 N–H and O–H groups in total. The van der Waals surface area contributed by atoms with Crippen LogP contribution in [-0.4, -0.2) is 20.2 Å². The van der Waals surface area contributed by atoms with Crippen molar-refractivity contribution in [3.63, 3.8) is 0 Å². The fourth-order valence-electron chi connectivity index (χ4n) is 0.732.